The molecular weight excluding hydrogens is 234 g/mol. The summed E-state index contributed by atoms with van der Waals surface area (Å²) < 4.78 is 0. The molecule has 0 radical (unpaired) electrons. The predicted octanol–water partition coefficient (Wildman–Crippen LogP) is 2.69. The number of hydrogen-bond acceptors (Lipinski definition) is 2. The topological polar surface area (TPSA) is 32.3 Å². The fourth-order valence-corrected chi connectivity index (χ4v) is 3.17. The van der Waals surface area contributed by atoms with Crippen LogP contribution < -0.4 is 5.32 Å². The minimum Gasteiger partial charge on any atom is -0.393 e. The summed E-state index contributed by atoms with van der Waals surface area (Å²) >= 11 is 6.00. The van der Waals surface area contributed by atoms with Gasteiger partial charge in [0.1, 0.15) is 0 Å². The van der Waals surface area contributed by atoms with E-state index in [-0.39, 0.29) is 6.10 Å². The van der Waals surface area contributed by atoms with Crippen molar-refractivity contribution >= 4 is 11.6 Å². The van der Waals surface area contributed by atoms with Crippen molar-refractivity contribution in [3.05, 3.63) is 34.3 Å². The smallest absolute Gasteiger partial charge is 0.0546 e. The van der Waals surface area contributed by atoms with Crippen LogP contribution in [0.1, 0.15) is 36.4 Å². The van der Waals surface area contributed by atoms with Crippen LogP contribution >= 0.6 is 11.6 Å². The lowest BCUT2D eigenvalue weighted by atomic mass is 9.82. The Morgan fingerprint density at radius 2 is 2.18 bits per heavy atom. The Hall–Kier alpha value is -0.570. The fourth-order valence-electron chi connectivity index (χ4n) is 2.97. The maximum Gasteiger partial charge on any atom is 0.0546 e. The van der Waals surface area contributed by atoms with E-state index in [0.717, 1.165) is 30.8 Å². The van der Waals surface area contributed by atoms with E-state index in [1.165, 1.54) is 17.5 Å². The van der Waals surface area contributed by atoms with E-state index in [2.05, 4.69) is 17.4 Å². The number of halogens is 1. The third kappa shape index (κ3) is 2.35. The minimum atomic E-state index is -0.0449. The molecule has 1 saturated carbocycles. The van der Waals surface area contributed by atoms with Crippen LogP contribution in [-0.2, 0) is 6.42 Å². The zero-order chi connectivity index (χ0) is 11.8. The molecule has 0 heterocycles. The molecule has 1 aromatic carbocycles. The molecular formula is C14H18ClNO. The summed E-state index contributed by atoms with van der Waals surface area (Å²) in [5.41, 5.74) is 2.80. The Labute approximate surface area is 107 Å². The molecule has 1 fully saturated rings. The molecule has 0 aliphatic heterocycles. The van der Waals surface area contributed by atoms with Crippen molar-refractivity contribution in [1.29, 1.82) is 0 Å². The summed E-state index contributed by atoms with van der Waals surface area (Å²) in [6.45, 7) is 1.03. The highest BCUT2D eigenvalue weighted by Crippen LogP contribution is 2.34. The molecule has 0 aromatic heterocycles. The van der Waals surface area contributed by atoms with Crippen LogP contribution in [0.4, 0.5) is 0 Å². The number of aliphatic hydroxyl groups is 1. The fraction of sp³-hybridized carbons (Fsp3) is 0.571. The van der Waals surface area contributed by atoms with Crippen molar-refractivity contribution in [2.45, 2.75) is 37.8 Å². The van der Waals surface area contributed by atoms with Gasteiger partial charge in [0, 0.05) is 11.1 Å². The Kier molecular flexibility index (Phi) is 3.12. The van der Waals surface area contributed by atoms with Gasteiger partial charge < -0.3 is 10.4 Å². The first-order valence-corrected chi connectivity index (χ1v) is 6.80. The van der Waals surface area contributed by atoms with Crippen molar-refractivity contribution in [1.82, 2.24) is 5.32 Å². The largest absolute Gasteiger partial charge is 0.393 e. The normalized spacial score (nSPS) is 31.1. The second-order valence-corrected chi connectivity index (χ2v) is 5.77. The molecule has 92 valence electrons. The average molecular weight is 252 g/mol. The third-order valence-electron chi connectivity index (χ3n) is 4.05. The summed E-state index contributed by atoms with van der Waals surface area (Å²) in [5.74, 6) is 0.668. The van der Waals surface area contributed by atoms with Crippen molar-refractivity contribution in [2.24, 2.45) is 5.92 Å². The molecule has 0 spiro atoms. The quantitative estimate of drug-likeness (QED) is 0.866. The summed E-state index contributed by atoms with van der Waals surface area (Å²) in [7, 11) is 0. The molecule has 17 heavy (non-hydrogen) atoms. The first-order valence-electron chi connectivity index (χ1n) is 6.42. The molecule has 1 aromatic rings. The molecule has 3 heteroatoms. The van der Waals surface area contributed by atoms with E-state index in [0.29, 0.717) is 12.0 Å². The molecule has 0 saturated heterocycles. The van der Waals surface area contributed by atoms with E-state index >= 15 is 0 Å². The summed E-state index contributed by atoms with van der Waals surface area (Å²) in [6.07, 6.45) is 4.18. The Bertz CT molecular complexity index is 415. The zero-order valence-corrected chi connectivity index (χ0v) is 10.6. The summed E-state index contributed by atoms with van der Waals surface area (Å²) in [4.78, 5) is 0. The van der Waals surface area contributed by atoms with E-state index in [9.17, 15) is 5.11 Å². The molecule has 2 aliphatic rings. The van der Waals surface area contributed by atoms with Gasteiger partial charge in [0.15, 0.2) is 0 Å². The van der Waals surface area contributed by atoms with Crippen molar-refractivity contribution in [2.75, 3.05) is 6.54 Å². The van der Waals surface area contributed by atoms with Crippen LogP contribution in [0.25, 0.3) is 0 Å². The first kappa shape index (κ1) is 11.5. The number of nitrogens with one attached hydrogen (secondary N) is 1. The van der Waals surface area contributed by atoms with Crippen LogP contribution in [0, 0.1) is 5.92 Å². The van der Waals surface area contributed by atoms with Crippen LogP contribution in [-0.4, -0.2) is 17.8 Å². The highest BCUT2D eigenvalue weighted by atomic mass is 35.5. The molecule has 2 N–H and O–H groups in total. The zero-order valence-electron chi connectivity index (χ0n) is 9.82. The van der Waals surface area contributed by atoms with E-state index < -0.39 is 0 Å². The van der Waals surface area contributed by atoms with Crippen LogP contribution in [0.3, 0.4) is 0 Å². The Morgan fingerprint density at radius 1 is 1.35 bits per heavy atom. The van der Waals surface area contributed by atoms with Crippen molar-refractivity contribution < 1.29 is 5.11 Å². The van der Waals surface area contributed by atoms with Gasteiger partial charge in [-0.25, -0.2) is 0 Å². The van der Waals surface area contributed by atoms with E-state index in [1.54, 1.807) is 0 Å². The predicted molar refractivity (Wildman–Crippen MR) is 69.2 cm³/mol. The number of fused-ring (bicyclic) bond motifs is 1. The van der Waals surface area contributed by atoms with Gasteiger partial charge in [-0.05, 0) is 61.4 Å². The first-order chi connectivity index (χ1) is 8.22. The van der Waals surface area contributed by atoms with Crippen molar-refractivity contribution in [3.63, 3.8) is 0 Å². The van der Waals surface area contributed by atoms with Gasteiger partial charge in [-0.3, -0.25) is 0 Å². The molecule has 3 rings (SSSR count). The average Bonchev–Trinajstić information content (AvgIpc) is 2.65. The monoisotopic (exact) mass is 251 g/mol. The molecule has 0 bridgehead atoms. The number of rotatable bonds is 3. The molecule has 2 aliphatic carbocycles. The van der Waals surface area contributed by atoms with Crippen LogP contribution in [0.2, 0.25) is 5.02 Å². The van der Waals surface area contributed by atoms with Gasteiger partial charge in [0.2, 0.25) is 0 Å². The highest BCUT2D eigenvalue weighted by Gasteiger charge is 2.29. The number of aliphatic hydroxyl groups excluding tert-OH is 1. The van der Waals surface area contributed by atoms with Gasteiger partial charge in [-0.2, -0.15) is 0 Å². The van der Waals surface area contributed by atoms with Gasteiger partial charge >= 0.3 is 0 Å². The Morgan fingerprint density at radius 3 is 2.94 bits per heavy atom. The maximum absolute atomic E-state index is 9.26. The van der Waals surface area contributed by atoms with Crippen LogP contribution in [0.5, 0.6) is 0 Å². The minimum absolute atomic E-state index is 0.0449. The second-order valence-electron chi connectivity index (χ2n) is 5.33. The van der Waals surface area contributed by atoms with Gasteiger partial charge in [-0.15, -0.1) is 0 Å². The van der Waals surface area contributed by atoms with Crippen molar-refractivity contribution in [3.8, 4) is 0 Å². The maximum atomic E-state index is 9.26. The second kappa shape index (κ2) is 4.60. The van der Waals surface area contributed by atoms with Crippen LogP contribution in [0.15, 0.2) is 18.2 Å². The summed E-state index contributed by atoms with van der Waals surface area (Å²) in [6, 6.07) is 6.71. The number of aryl methyl sites for hydroxylation is 1. The van der Waals surface area contributed by atoms with E-state index in [1.807, 2.05) is 6.07 Å². The lowest BCUT2D eigenvalue weighted by molar-refractivity contribution is 0.0418. The standard InChI is InChI=1S/C14H18ClNO/c15-11-2-3-13-10(7-11)1-4-14(13)16-8-9-5-12(17)6-9/h2-3,7,9,12,14,16-17H,1,4-6,8H2. The molecule has 0 amide bonds. The number of benzene rings is 1. The molecule has 2 nitrogen and oxygen atoms in total. The van der Waals surface area contributed by atoms with Gasteiger partial charge in [0.25, 0.3) is 0 Å². The van der Waals surface area contributed by atoms with Gasteiger partial charge in [0.05, 0.1) is 6.10 Å². The SMILES string of the molecule is OC1CC(CNC2CCc3cc(Cl)ccc32)C1. The van der Waals surface area contributed by atoms with Gasteiger partial charge in [-0.1, -0.05) is 17.7 Å². The number of hydrogen-bond donors (Lipinski definition) is 2. The lowest BCUT2D eigenvalue weighted by Gasteiger charge is -2.32. The third-order valence-corrected chi connectivity index (χ3v) is 4.28. The highest BCUT2D eigenvalue weighted by molar-refractivity contribution is 6.30. The lowest BCUT2D eigenvalue weighted by Crippen LogP contribution is -2.37. The summed E-state index contributed by atoms with van der Waals surface area (Å²) in [5, 5.41) is 13.7. The molecule has 1 atom stereocenters. The molecule has 1 unspecified atom stereocenters. The Balaban J connectivity index is 1.60. The van der Waals surface area contributed by atoms with E-state index in [4.69, 9.17) is 11.6 Å².